The molecule has 2 N–H and O–H groups in total. The van der Waals surface area contributed by atoms with Gasteiger partial charge in [-0.15, -0.1) is 0 Å². The van der Waals surface area contributed by atoms with Gasteiger partial charge in [-0.3, -0.25) is 4.98 Å². The smallest absolute Gasteiger partial charge is 0.227 e. The summed E-state index contributed by atoms with van der Waals surface area (Å²) >= 11 is 0. The fourth-order valence-corrected chi connectivity index (χ4v) is 2.88. The van der Waals surface area contributed by atoms with Gasteiger partial charge < -0.3 is 15.5 Å². The van der Waals surface area contributed by atoms with E-state index in [0.717, 1.165) is 68.5 Å². The third-order valence-corrected chi connectivity index (χ3v) is 4.20. The molecule has 1 aliphatic rings. The van der Waals surface area contributed by atoms with Crippen molar-refractivity contribution in [3.8, 4) is 0 Å². The number of aromatic nitrogens is 3. The van der Waals surface area contributed by atoms with Crippen molar-refractivity contribution in [3.05, 3.63) is 41.3 Å². The summed E-state index contributed by atoms with van der Waals surface area (Å²) in [4.78, 5) is 15.7. The molecule has 2 aromatic heterocycles. The molecule has 0 aromatic carbocycles. The van der Waals surface area contributed by atoms with E-state index >= 15 is 0 Å². The molecule has 0 fully saturated rings. The molecule has 128 valence electrons. The van der Waals surface area contributed by atoms with Crippen LogP contribution in [-0.2, 0) is 19.4 Å². The number of pyridine rings is 1. The van der Waals surface area contributed by atoms with Gasteiger partial charge in [0.25, 0.3) is 0 Å². The monoisotopic (exact) mass is 326 g/mol. The molecule has 0 saturated carbocycles. The number of rotatable bonds is 7. The molecule has 3 heterocycles. The molecule has 24 heavy (non-hydrogen) atoms. The quantitative estimate of drug-likeness (QED) is 0.759. The maximum Gasteiger partial charge on any atom is 0.227 e. The van der Waals surface area contributed by atoms with Crippen LogP contribution in [0.15, 0.2) is 24.4 Å². The molecule has 2 aromatic rings. The predicted octanol–water partition coefficient (Wildman–Crippen LogP) is 2.02. The standard InChI is InChI=1S/C18H26N6/c1-24(2)18-22-16-13-19-12-9-15(16)17(23-18)21-11-6-4-8-14-7-3-5-10-20-14/h3,5,7,10,19H,4,6,8-9,11-13H2,1-2H3,(H,21,22,23). The average Bonchev–Trinajstić information content (AvgIpc) is 2.62. The lowest BCUT2D eigenvalue weighted by atomic mass is 10.1. The zero-order valence-corrected chi connectivity index (χ0v) is 14.5. The Balaban J connectivity index is 1.57. The summed E-state index contributed by atoms with van der Waals surface area (Å²) in [6, 6.07) is 6.09. The number of unbranched alkanes of at least 4 members (excludes halogenated alkanes) is 1. The van der Waals surface area contributed by atoms with E-state index in [4.69, 9.17) is 4.98 Å². The highest BCUT2D eigenvalue weighted by Crippen LogP contribution is 2.22. The van der Waals surface area contributed by atoms with Crippen LogP contribution >= 0.6 is 0 Å². The van der Waals surface area contributed by atoms with Crippen LogP contribution in [0.1, 0.15) is 29.8 Å². The number of anilines is 2. The number of nitrogens with zero attached hydrogens (tertiary/aromatic N) is 4. The van der Waals surface area contributed by atoms with E-state index in [-0.39, 0.29) is 0 Å². The first-order chi connectivity index (χ1) is 11.7. The van der Waals surface area contributed by atoms with Crippen molar-refractivity contribution in [2.45, 2.75) is 32.2 Å². The van der Waals surface area contributed by atoms with E-state index in [1.807, 2.05) is 37.3 Å². The van der Waals surface area contributed by atoms with Crippen molar-refractivity contribution in [1.82, 2.24) is 20.3 Å². The summed E-state index contributed by atoms with van der Waals surface area (Å²) in [6.45, 7) is 2.75. The van der Waals surface area contributed by atoms with E-state index in [1.165, 1.54) is 5.56 Å². The van der Waals surface area contributed by atoms with E-state index < -0.39 is 0 Å². The summed E-state index contributed by atoms with van der Waals surface area (Å²) in [5.74, 6) is 1.77. The Labute approximate surface area is 143 Å². The van der Waals surface area contributed by atoms with Gasteiger partial charge in [0.1, 0.15) is 5.82 Å². The van der Waals surface area contributed by atoms with Gasteiger partial charge in [0.2, 0.25) is 5.95 Å². The van der Waals surface area contributed by atoms with Gasteiger partial charge >= 0.3 is 0 Å². The maximum absolute atomic E-state index is 4.70. The zero-order chi connectivity index (χ0) is 16.8. The maximum atomic E-state index is 4.70. The predicted molar refractivity (Wildman–Crippen MR) is 97.4 cm³/mol. The molecule has 6 nitrogen and oxygen atoms in total. The van der Waals surface area contributed by atoms with E-state index in [1.54, 1.807) is 0 Å². The minimum Gasteiger partial charge on any atom is -0.370 e. The Kier molecular flexibility index (Phi) is 5.59. The molecule has 0 radical (unpaired) electrons. The summed E-state index contributed by atoms with van der Waals surface area (Å²) in [5.41, 5.74) is 3.55. The first-order valence-corrected chi connectivity index (χ1v) is 8.65. The van der Waals surface area contributed by atoms with Gasteiger partial charge in [-0.2, -0.15) is 4.98 Å². The average molecular weight is 326 g/mol. The van der Waals surface area contributed by atoms with Crippen molar-refractivity contribution in [2.75, 3.05) is 37.4 Å². The molecular weight excluding hydrogens is 300 g/mol. The minimum absolute atomic E-state index is 0.772. The molecule has 1 aliphatic heterocycles. The number of fused-ring (bicyclic) bond motifs is 1. The normalized spacial score (nSPS) is 13.4. The highest BCUT2D eigenvalue weighted by molar-refractivity contribution is 5.52. The molecule has 0 atom stereocenters. The van der Waals surface area contributed by atoms with Crippen molar-refractivity contribution < 1.29 is 0 Å². The first kappa shape index (κ1) is 16.6. The van der Waals surface area contributed by atoms with E-state index in [2.05, 4.69) is 26.7 Å². The van der Waals surface area contributed by atoms with Crippen molar-refractivity contribution in [1.29, 1.82) is 0 Å². The molecule has 6 heteroatoms. The molecule has 0 saturated heterocycles. The van der Waals surface area contributed by atoms with Crippen LogP contribution in [0.2, 0.25) is 0 Å². The minimum atomic E-state index is 0.772. The number of nitrogens with one attached hydrogen (secondary N) is 2. The fourth-order valence-electron chi connectivity index (χ4n) is 2.88. The van der Waals surface area contributed by atoms with Crippen LogP contribution in [-0.4, -0.2) is 42.1 Å². The van der Waals surface area contributed by atoms with Gasteiger partial charge in [-0.1, -0.05) is 6.07 Å². The topological polar surface area (TPSA) is 66.0 Å². The number of hydrogen-bond acceptors (Lipinski definition) is 6. The third-order valence-electron chi connectivity index (χ3n) is 4.20. The first-order valence-electron chi connectivity index (χ1n) is 8.65. The van der Waals surface area contributed by atoms with Crippen LogP contribution in [0.4, 0.5) is 11.8 Å². The van der Waals surface area contributed by atoms with Crippen molar-refractivity contribution >= 4 is 11.8 Å². The summed E-state index contributed by atoms with van der Waals surface area (Å²) in [6.07, 6.45) is 6.10. The Morgan fingerprint density at radius 3 is 2.92 bits per heavy atom. The number of aryl methyl sites for hydroxylation is 1. The van der Waals surface area contributed by atoms with Gasteiger partial charge in [-0.25, -0.2) is 4.98 Å². The molecule has 0 unspecified atom stereocenters. The highest BCUT2D eigenvalue weighted by atomic mass is 15.2. The SMILES string of the molecule is CN(C)c1nc2c(c(NCCCCc3ccccn3)n1)CCNC2. The Bertz CT molecular complexity index is 656. The van der Waals surface area contributed by atoms with Gasteiger partial charge in [0.05, 0.1) is 5.69 Å². The zero-order valence-electron chi connectivity index (χ0n) is 14.5. The van der Waals surface area contributed by atoms with Crippen LogP contribution < -0.4 is 15.5 Å². The van der Waals surface area contributed by atoms with Gasteiger partial charge in [0, 0.05) is 44.6 Å². The molecule has 0 aliphatic carbocycles. The second kappa shape index (κ2) is 8.06. The Morgan fingerprint density at radius 2 is 2.12 bits per heavy atom. The second-order valence-corrected chi connectivity index (χ2v) is 6.32. The van der Waals surface area contributed by atoms with Crippen molar-refractivity contribution in [2.24, 2.45) is 0 Å². The van der Waals surface area contributed by atoms with Crippen LogP contribution in [0.5, 0.6) is 0 Å². The second-order valence-electron chi connectivity index (χ2n) is 6.32. The number of hydrogen-bond donors (Lipinski definition) is 2. The molecule has 0 amide bonds. The Morgan fingerprint density at radius 1 is 1.21 bits per heavy atom. The van der Waals surface area contributed by atoms with Crippen LogP contribution in [0, 0.1) is 0 Å². The third kappa shape index (κ3) is 4.20. The molecule has 0 bridgehead atoms. The Hall–Kier alpha value is -2.21. The van der Waals surface area contributed by atoms with Crippen LogP contribution in [0.25, 0.3) is 0 Å². The van der Waals surface area contributed by atoms with Crippen molar-refractivity contribution in [3.63, 3.8) is 0 Å². The molecular formula is C18H26N6. The van der Waals surface area contributed by atoms with Gasteiger partial charge in [-0.05, 0) is 44.4 Å². The lowest BCUT2D eigenvalue weighted by Crippen LogP contribution is -2.28. The summed E-state index contributed by atoms with van der Waals surface area (Å²) in [5, 5.41) is 6.91. The molecule has 0 spiro atoms. The van der Waals surface area contributed by atoms with E-state index in [0.29, 0.717) is 0 Å². The summed E-state index contributed by atoms with van der Waals surface area (Å²) < 4.78 is 0. The van der Waals surface area contributed by atoms with E-state index in [9.17, 15) is 0 Å². The molecule has 3 rings (SSSR count). The van der Waals surface area contributed by atoms with Crippen LogP contribution in [0.3, 0.4) is 0 Å². The largest absolute Gasteiger partial charge is 0.370 e. The highest BCUT2D eigenvalue weighted by Gasteiger charge is 2.17. The summed E-state index contributed by atoms with van der Waals surface area (Å²) in [7, 11) is 3.96. The lowest BCUT2D eigenvalue weighted by molar-refractivity contribution is 0.623. The fraction of sp³-hybridized carbons (Fsp3) is 0.500. The van der Waals surface area contributed by atoms with Gasteiger partial charge in [0.15, 0.2) is 0 Å². The lowest BCUT2D eigenvalue weighted by Gasteiger charge is -2.22.